The molecule has 2 aromatic heterocycles. The van der Waals surface area contributed by atoms with Crippen molar-refractivity contribution in [3.8, 4) is 0 Å². The summed E-state index contributed by atoms with van der Waals surface area (Å²) in [5, 5.41) is 7.40. The van der Waals surface area contributed by atoms with Crippen molar-refractivity contribution in [1.29, 1.82) is 0 Å². The average Bonchev–Trinajstić information content (AvgIpc) is 3.25. The van der Waals surface area contributed by atoms with Gasteiger partial charge in [0.1, 0.15) is 0 Å². The Morgan fingerprint density at radius 1 is 1.19 bits per heavy atom. The van der Waals surface area contributed by atoms with Crippen LogP contribution >= 0.6 is 0 Å². The van der Waals surface area contributed by atoms with Crippen LogP contribution in [0.25, 0.3) is 21.9 Å². The Morgan fingerprint density at radius 2 is 2.00 bits per heavy atom. The molecule has 4 aromatic rings. The van der Waals surface area contributed by atoms with Gasteiger partial charge in [0.05, 0.1) is 28.3 Å². The summed E-state index contributed by atoms with van der Waals surface area (Å²) < 4.78 is 33.3. The standard InChI is InChI=1S/C18H14F2N4O2/c1-10(16-22-13-7-2-3-8-14(13)24(16)18(19)20)26-17(25)12-6-4-5-11-9-21-23-15(11)12/h2-10,18H,1H3,(H,21,23)/t10-/m0/s1. The number of esters is 1. The lowest BCUT2D eigenvalue weighted by Gasteiger charge is -2.15. The summed E-state index contributed by atoms with van der Waals surface area (Å²) in [7, 11) is 0. The first-order valence-electron chi connectivity index (χ1n) is 7.94. The number of halogens is 2. The van der Waals surface area contributed by atoms with Crippen LogP contribution in [0.3, 0.4) is 0 Å². The molecule has 0 aliphatic heterocycles. The van der Waals surface area contributed by atoms with Gasteiger partial charge >= 0.3 is 12.5 Å². The van der Waals surface area contributed by atoms with Gasteiger partial charge in [0.2, 0.25) is 0 Å². The quantitative estimate of drug-likeness (QED) is 0.556. The lowest BCUT2D eigenvalue weighted by atomic mass is 10.1. The molecule has 26 heavy (non-hydrogen) atoms. The summed E-state index contributed by atoms with van der Waals surface area (Å²) in [6.45, 7) is -1.28. The van der Waals surface area contributed by atoms with E-state index < -0.39 is 18.6 Å². The van der Waals surface area contributed by atoms with Gasteiger partial charge in [0.15, 0.2) is 11.9 Å². The van der Waals surface area contributed by atoms with Crippen LogP contribution in [-0.2, 0) is 4.74 Å². The summed E-state index contributed by atoms with van der Waals surface area (Å²) >= 11 is 0. The number of alkyl halides is 2. The predicted molar refractivity (Wildman–Crippen MR) is 90.9 cm³/mol. The number of fused-ring (bicyclic) bond motifs is 2. The van der Waals surface area contributed by atoms with Gasteiger partial charge in [-0.15, -0.1) is 0 Å². The normalized spacial score (nSPS) is 12.8. The average molecular weight is 356 g/mol. The fraction of sp³-hybridized carbons (Fsp3) is 0.167. The van der Waals surface area contributed by atoms with E-state index in [1.807, 2.05) is 0 Å². The minimum atomic E-state index is -2.80. The molecule has 0 radical (unpaired) electrons. The second-order valence-corrected chi connectivity index (χ2v) is 5.79. The second kappa shape index (κ2) is 6.21. The number of hydrogen-bond acceptors (Lipinski definition) is 4. The van der Waals surface area contributed by atoms with Crippen LogP contribution in [0.4, 0.5) is 8.78 Å². The zero-order chi connectivity index (χ0) is 18.3. The highest BCUT2D eigenvalue weighted by Crippen LogP contribution is 2.29. The maximum Gasteiger partial charge on any atom is 0.341 e. The Hall–Kier alpha value is -3.29. The van der Waals surface area contributed by atoms with Crippen molar-refractivity contribution in [3.63, 3.8) is 0 Å². The maximum absolute atomic E-state index is 13.5. The first-order chi connectivity index (χ1) is 12.6. The first kappa shape index (κ1) is 16.2. The Labute approximate surface area is 146 Å². The molecule has 0 saturated heterocycles. The number of carbonyl (C=O) groups excluding carboxylic acids is 1. The summed E-state index contributed by atoms with van der Waals surface area (Å²) in [5.41, 5.74) is 1.52. The van der Waals surface area contributed by atoms with Gasteiger partial charge in [0, 0.05) is 5.39 Å². The summed E-state index contributed by atoms with van der Waals surface area (Å²) in [6, 6.07) is 11.6. The number of para-hydroxylation sites is 3. The molecule has 0 aliphatic carbocycles. The highest BCUT2D eigenvalue weighted by atomic mass is 19.3. The molecule has 4 rings (SSSR count). The van der Waals surface area contributed by atoms with Crippen LogP contribution in [0.1, 0.15) is 35.8 Å². The van der Waals surface area contributed by atoms with Gasteiger partial charge in [-0.3, -0.25) is 9.67 Å². The molecule has 1 atom stereocenters. The summed E-state index contributed by atoms with van der Waals surface area (Å²) in [4.78, 5) is 16.8. The zero-order valence-corrected chi connectivity index (χ0v) is 13.7. The van der Waals surface area contributed by atoms with Crippen molar-refractivity contribution < 1.29 is 18.3 Å². The number of imidazole rings is 1. The largest absolute Gasteiger partial charge is 0.451 e. The number of ether oxygens (including phenoxy) is 1. The minimum Gasteiger partial charge on any atom is -0.451 e. The molecular formula is C18H14F2N4O2. The lowest BCUT2D eigenvalue weighted by Crippen LogP contribution is -2.15. The van der Waals surface area contributed by atoms with Crippen LogP contribution in [0.5, 0.6) is 0 Å². The van der Waals surface area contributed by atoms with Gasteiger partial charge in [-0.1, -0.05) is 24.3 Å². The van der Waals surface area contributed by atoms with E-state index in [2.05, 4.69) is 15.2 Å². The lowest BCUT2D eigenvalue weighted by molar-refractivity contribution is 0.0235. The van der Waals surface area contributed by atoms with E-state index in [0.717, 1.165) is 9.95 Å². The number of aromatic nitrogens is 4. The molecule has 132 valence electrons. The first-order valence-corrected chi connectivity index (χ1v) is 7.94. The van der Waals surface area contributed by atoms with Crippen LogP contribution < -0.4 is 0 Å². The number of aromatic amines is 1. The number of nitrogens with one attached hydrogen (secondary N) is 1. The number of hydrogen-bond donors (Lipinski definition) is 1. The van der Waals surface area contributed by atoms with E-state index in [1.54, 1.807) is 48.7 Å². The van der Waals surface area contributed by atoms with Crippen molar-refractivity contribution in [2.24, 2.45) is 0 Å². The fourth-order valence-electron chi connectivity index (χ4n) is 2.97. The van der Waals surface area contributed by atoms with Gasteiger partial charge in [-0.2, -0.15) is 13.9 Å². The maximum atomic E-state index is 13.5. The molecule has 2 heterocycles. The summed E-state index contributed by atoms with van der Waals surface area (Å²) in [6.07, 6.45) is 0.633. The third-order valence-corrected chi connectivity index (χ3v) is 4.16. The number of H-pyrrole nitrogens is 1. The Kier molecular flexibility index (Phi) is 3.87. The molecule has 1 N–H and O–H groups in total. The van der Waals surface area contributed by atoms with E-state index in [1.165, 1.54) is 6.92 Å². The van der Waals surface area contributed by atoms with Crippen molar-refractivity contribution >= 4 is 27.9 Å². The molecule has 0 saturated carbocycles. The predicted octanol–water partition coefficient (Wildman–Crippen LogP) is 4.23. The Bertz CT molecular complexity index is 1100. The molecule has 0 unspecified atom stereocenters. The number of carbonyl (C=O) groups is 1. The molecule has 6 nitrogen and oxygen atoms in total. The minimum absolute atomic E-state index is 0.00802. The van der Waals surface area contributed by atoms with Crippen molar-refractivity contribution in [2.45, 2.75) is 19.6 Å². The van der Waals surface area contributed by atoms with Crippen LogP contribution in [0, 0.1) is 0 Å². The molecule has 0 bridgehead atoms. The Morgan fingerprint density at radius 3 is 2.81 bits per heavy atom. The Balaban J connectivity index is 1.69. The number of rotatable bonds is 4. The SMILES string of the molecule is C[C@H](OC(=O)c1cccc2cn[nH]c12)c1nc2ccccc2n1C(F)F. The smallest absolute Gasteiger partial charge is 0.341 e. The van der Waals surface area contributed by atoms with E-state index in [9.17, 15) is 13.6 Å². The van der Waals surface area contributed by atoms with Gasteiger partial charge in [-0.05, 0) is 25.1 Å². The van der Waals surface area contributed by atoms with Crippen LogP contribution in [0.2, 0.25) is 0 Å². The molecule has 0 aliphatic rings. The third kappa shape index (κ3) is 2.59. The van der Waals surface area contributed by atoms with E-state index in [4.69, 9.17) is 4.74 Å². The van der Waals surface area contributed by atoms with E-state index in [-0.39, 0.29) is 16.9 Å². The monoisotopic (exact) mass is 356 g/mol. The van der Waals surface area contributed by atoms with E-state index in [0.29, 0.717) is 11.0 Å². The molecule has 2 aromatic carbocycles. The number of benzene rings is 2. The topological polar surface area (TPSA) is 72.8 Å². The molecular weight excluding hydrogens is 342 g/mol. The third-order valence-electron chi connectivity index (χ3n) is 4.16. The van der Waals surface area contributed by atoms with Gasteiger partial charge in [0.25, 0.3) is 0 Å². The van der Waals surface area contributed by atoms with Crippen LogP contribution in [0.15, 0.2) is 48.7 Å². The van der Waals surface area contributed by atoms with Crippen molar-refractivity contribution in [3.05, 3.63) is 60.0 Å². The second-order valence-electron chi connectivity index (χ2n) is 5.79. The molecule has 0 spiro atoms. The van der Waals surface area contributed by atoms with Gasteiger partial charge < -0.3 is 4.74 Å². The number of nitrogens with zero attached hydrogens (tertiary/aromatic N) is 3. The molecule has 0 fully saturated rings. The highest BCUT2D eigenvalue weighted by Gasteiger charge is 2.25. The summed E-state index contributed by atoms with van der Waals surface area (Å²) in [5.74, 6) is -0.647. The van der Waals surface area contributed by atoms with E-state index >= 15 is 0 Å². The van der Waals surface area contributed by atoms with Gasteiger partial charge in [-0.25, -0.2) is 9.78 Å². The van der Waals surface area contributed by atoms with Crippen molar-refractivity contribution in [1.82, 2.24) is 19.7 Å². The zero-order valence-electron chi connectivity index (χ0n) is 13.7. The van der Waals surface area contributed by atoms with Crippen molar-refractivity contribution in [2.75, 3.05) is 0 Å². The van der Waals surface area contributed by atoms with Crippen LogP contribution in [-0.4, -0.2) is 25.7 Å². The molecule has 0 amide bonds. The fourth-order valence-corrected chi connectivity index (χ4v) is 2.97. The molecule has 8 heteroatoms. The highest BCUT2D eigenvalue weighted by molar-refractivity contribution is 6.02.